The second-order valence-electron chi connectivity index (χ2n) is 4.95. The molecule has 3 N–H and O–H groups in total. The highest BCUT2D eigenvalue weighted by Gasteiger charge is 2.16. The Morgan fingerprint density at radius 1 is 1.22 bits per heavy atom. The third-order valence-electron chi connectivity index (χ3n) is 2.96. The van der Waals surface area contributed by atoms with Crippen LogP contribution in [0.15, 0.2) is 24.3 Å². The quantitative estimate of drug-likeness (QED) is 0.701. The number of nitriles is 1. The number of hydrogen-bond acceptors (Lipinski definition) is 4. The van der Waals surface area contributed by atoms with Gasteiger partial charge in [0.25, 0.3) is 5.91 Å². The van der Waals surface area contributed by atoms with Crippen LogP contribution in [0.5, 0.6) is 0 Å². The molecule has 0 aliphatic carbocycles. The van der Waals surface area contributed by atoms with Gasteiger partial charge in [0.1, 0.15) is 12.5 Å². The van der Waals surface area contributed by atoms with Crippen LogP contribution in [0.1, 0.15) is 37.0 Å². The standard InChI is InChI=1S/C16H20N4O3/c1-3-10-18-15(22)11(2)19-16(23)12-4-6-13(7-5-12)20-14(21)8-9-17/h4-7,11H,3,8,10H2,1-2H3,(H,18,22)(H,19,23)(H,20,21)/t11-/m1/s1. The molecule has 1 atom stereocenters. The van der Waals surface area contributed by atoms with Gasteiger partial charge in [-0.25, -0.2) is 0 Å². The van der Waals surface area contributed by atoms with Crippen LogP contribution in [0.25, 0.3) is 0 Å². The van der Waals surface area contributed by atoms with Crippen LogP contribution in [0.3, 0.4) is 0 Å². The molecule has 0 bridgehead atoms. The van der Waals surface area contributed by atoms with Crippen molar-refractivity contribution in [2.45, 2.75) is 32.7 Å². The third-order valence-corrected chi connectivity index (χ3v) is 2.96. The van der Waals surface area contributed by atoms with Crippen molar-refractivity contribution < 1.29 is 14.4 Å². The lowest BCUT2D eigenvalue weighted by Crippen LogP contribution is -2.44. The van der Waals surface area contributed by atoms with Gasteiger partial charge in [-0.2, -0.15) is 5.26 Å². The SMILES string of the molecule is CCCNC(=O)[C@@H](C)NC(=O)c1ccc(NC(=O)CC#N)cc1. The van der Waals surface area contributed by atoms with E-state index in [1.807, 2.05) is 6.92 Å². The summed E-state index contributed by atoms with van der Waals surface area (Å²) in [6.45, 7) is 4.12. The molecular weight excluding hydrogens is 296 g/mol. The number of rotatable bonds is 7. The van der Waals surface area contributed by atoms with Crippen LogP contribution in [0.2, 0.25) is 0 Å². The summed E-state index contributed by atoms with van der Waals surface area (Å²) in [5, 5.41) is 16.3. The van der Waals surface area contributed by atoms with Crippen LogP contribution >= 0.6 is 0 Å². The lowest BCUT2D eigenvalue weighted by atomic mass is 10.1. The van der Waals surface area contributed by atoms with Gasteiger partial charge in [-0.15, -0.1) is 0 Å². The van der Waals surface area contributed by atoms with E-state index in [1.165, 1.54) is 12.1 Å². The molecular formula is C16H20N4O3. The average molecular weight is 316 g/mol. The number of carbonyl (C=O) groups is 3. The van der Waals surface area contributed by atoms with Gasteiger partial charge in [0, 0.05) is 17.8 Å². The molecule has 1 aromatic carbocycles. The van der Waals surface area contributed by atoms with Crippen molar-refractivity contribution >= 4 is 23.4 Å². The first-order chi connectivity index (χ1) is 11.0. The Hall–Kier alpha value is -2.88. The number of hydrogen-bond donors (Lipinski definition) is 3. The van der Waals surface area contributed by atoms with E-state index in [9.17, 15) is 14.4 Å². The predicted octanol–water partition coefficient (Wildman–Crippen LogP) is 1.18. The van der Waals surface area contributed by atoms with Gasteiger partial charge in [-0.3, -0.25) is 14.4 Å². The maximum Gasteiger partial charge on any atom is 0.251 e. The topological polar surface area (TPSA) is 111 Å². The molecule has 0 spiro atoms. The summed E-state index contributed by atoms with van der Waals surface area (Å²) in [6, 6.07) is 7.31. The molecule has 0 unspecified atom stereocenters. The number of benzene rings is 1. The molecule has 7 heteroatoms. The summed E-state index contributed by atoms with van der Waals surface area (Å²) < 4.78 is 0. The second-order valence-corrected chi connectivity index (χ2v) is 4.95. The highest BCUT2D eigenvalue weighted by molar-refractivity contribution is 5.98. The molecule has 0 fully saturated rings. The van der Waals surface area contributed by atoms with Crippen molar-refractivity contribution in [3.63, 3.8) is 0 Å². The molecule has 7 nitrogen and oxygen atoms in total. The number of nitrogens with one attached hydrogen (secondary N) is 3. The minimum atomic E-state index is -0.635. The number of carbonyl (C=O) groups excluding carboxylic acids is 3. The van der Waals surface area contributed by atoms with Crippen molar-refractivity contribution in [3.8, 4) is 6.07 Å². The zero-order valence-electron chi connectivity index (χ0n) is 13.2. The molecule has 0 aromatic heterocycles. The first kappa shape index (κ1) is 18.2. The number of nitrogens with zero attached hydrogens (tertiary/aromatic N) is 1. The van der Waals surface area contributed by atoms with E-state index >= 15 is 0 Å². The first-order valence-corrected chi connectivity index (χ1v) is 7.33. The fourth-order valence-corrected chi connectivity index (χ4v) is 1.73. The highest BCUT2D eigenvalue weighted by Crippen LogP contribution is 2.10. The second kappa shape index (κ2) is 9.20. The summed E-state index contributed by atoms with van der Waals surface area (Å²) in [5.74, 6) is -1.02. The fourth-order valence-electron chi connectivity index (χ4n) is 1.73. The first-order valence-electron chi connectivity index (χ1n) is 7.33. The number of anilines is 1. The molecule has 3 amide bonds. The lowest BCUT2D eigenvalue weighted by Gasteiger charge is -2.14. The Labute approximate surface area is 135 Å². The predicted molar refractivity (Wildman–Crippen MR) is 85.5 cm³/mol. The van der Waals surface area contributed by atoms with Gasteiger partial charge >= 0.3 is 0 Å². The molecule has 0 radical (unpaired) electrons. The maximum absolute atomic E-state index is 12.0. The van der Waals surface area contributed by atoms with Crippen molar-refractivity contribution in [2.24, 2.45) is 0 Å². The summed E-state index contributed by atoms with van der Waals surface area (Å²) in [7, 11) is 0. The van der Waals surface area contributed by atoms with Crippen LogP contribution in [0, 0.1) is 11.3 Å². The summed E-state index contributed by atoms with van der Waals surface area (Å²) >= 11 is 0. The molecule has 0 heterocycles. The molecule has 1 rings (SSSR count). The van der Waals surface area contributed by atoms with Gasteiger partial charge in [-0.05, 0) is 37.6 Å². The molecule has 23 heavy (non-hydrogen) atoms. The Morgan fingerprint density at radius 2 is 1.87 bits per heavy atom. The average Bonchev–Trinajstić information content (AvgIpc) is 2.53. The molecule has 0 aliphatic rings. The van der Waals surface area contributed by atoms with Crippen LogP contribution in [-0.2, 0) is 9.59 Å². The van der Waals surface area contributed by atoms with Gasteiger partial charge in [-0.1, -0.05) is 6.92 Å². The van der Waals surface area contributed by atoms with E-state index in [-0.39, 0.29) is 18.2 Å². The Bertz CT molecular complexity index is 605. The lowest BCUT2D eigenvalue weighted by molar-refractivity contribution is -0.122. The van der Waals surface area contributed by atoms with Gasteiger partial charge < -0.3 is 16.0 Å². The van der Waals surface area contributed by atoms with Crippen LogP contribution < -0.4 is 16.0 Å². The van der Waals surface area contributed by atoms with Crippen LogP contribution in [0.4, 0.5) is 5.69 Å². The summed E-state index contributed by atoms with van der Waals surface area (Å²) in [5.41, 5.74) is 0.869. The van der Waals surface area contributed by atoms with Gasteiger partial charge in [0.05, 0.1) is 6.07 Å². The van der Waals surface area contributed by atoms with Gasteiger partial charge in [0.2, 0.25) is 11.8 Å². The van der Waals surface area contributed by atoms with E-state index in [0.717, 1.165) is 6.42 Å². The molecule has 0 saturated carbocycles. The highest BCUT2D eigenvalue weighted by atomic mass is 16.2. The fraction of sp³-hybridized carbons (Fsp3) is 0.375. The van der Waals surface area contributed by atoms with Crippen molar-refractivity contribution in [2.75, 3.05) is 11.9 Å². The van der Waals surface area contributed by atoms with Gasteiger partial charge in [0.15, 0.2) is 0 Å². The van der Waals surface area contributed by atoms with E-state index in [4.69, 9.17) is 5.26 Å². The largest absolute Gasteiger partial charge is 0.354 e. The summed E-state index contributed by atoms with van der Waals surface area (Å²) in [4.78, 5) is 35.0. The normalized spacial score (nSPS) is 11.0. The maximum atomic E-state index is 12.0. The minimum absolute atomic E-state index is 0.230. The molecule has 0 aliphatic heterocycles. The third kappa shape index (κ3) is 6.18. The Kier molecular flexibility index (Phi) is 7.27. The Morgan fingerprint density at radius 3 is 2.43 bits per heavy atom. The van der Waals surface area contributed by atoms with Crippen LogP contribution in [-0.4, -0.2) is 30.3 Å². The van der Waals surface area contributed by atoms with E-state index in [0.29, 0.717) is 17.8 Å². The molecule has 1 aromatic rings. The van der Waals surface area contributed by atoms with E-state index in [2.05, 4.69) is 16.0 Å². The zero-order chi connectivity index (χ0) is 17.2. The van der Waals surface area contributed by atoms with Crippen molar-refractivity contribution in [3.05, 3.63) is 29.8 Å². The van der Waals surface area contributed by atoms with Crippen molar-refractivity contribution in [1.29, 1.82) is 5.26 Å². The minimum Gasteiger partial charge on any atom is -0.354 e. The molecule has 122 valence electrons. The summed E-state index contributed by atoms with van der Waals surface area (Å²) in [6.07, 6.45) is 0.595. The van der Waals surface area contributed by atoms with Crippen molar-refractivity contribution in [1.82, 2.24) is 10.6 Å². The smallest absolute Gasteiger partial charge is 0.251 e. The molecule has 0 saturated heterocycles. The Balaban J connectivity index is 2.59. The zero-order valence-corrected chi connectivity index (χ0v) is 13.2. The van der Waals surface area contributed by atoms with E-state index in [1.54, 1.807) is 25.1 Å². The number of amides is 3. The van der Waals surface area contributed by atoms with E-state index < -0.39 is 11.9 Å². The monoisotopic (exact) mass is 316 g/mol.